The van der Waals surface area contributed by atoms with Crippen molar-refractivity contribution in [3.05, 3.63) is 29.6 Å². The van der Waals surface area contributed by atoms with Crippen LogP contribution in [0.2, 0.25) is 0 Å². The van der Waals surface area contributed by atoms with Crippen molar-refractivity contribution in [3.8, 4) is 0 Å². The lowest BCUT2D eigenvalue weighted by Crippen LogP contribution is -2.30. The van der Waals surface area contributed by atoms with Crippen LogP contribution in [-0.4, -0.2) is 48.2 Å². The molecule has 1 heterocycles. The molecule has 0 aliphatic carbocycles. The Morgan fingerprint density at radius 3 is 2.33 bits per heavy atom. The van der Waals surface area contributed by atoms with Gasteiger partial charge in [0.2, 0.25) is 10.0 Å². The van der Waals surface area contributed by atoms with E-state index < -0.39 is 28.0 Å². The first-order chi connectivity index (χ1) is 8.32. The molecular weight excluding hydrogens is 261 g/mol. The zero-order chi connectivity index (χ0) is 13.5. The number of aliphatic hydroxyl groups excluding tert-OH is 2. The summed E-state index contributed by atoms with van der Waals surface area (Å²) in [5.41, 5.74) is 0.297. The van der Waals surface area contributed by atoms with E-state index in [1.54, 1.807) is 0 Å². The molecule has 0 bridgehead atoms. The third-order valence-electron chi connectivity index (χ3n) is 2.98. The Kier molecular flexibility index (Phi) is 3.41. The van der Waals surface area contributed by atoms with Crippen molar-refractivity contribution in [1.82, 2.24) is 4.31 Å². The van der Waals surface area contributed by atoms with Crippen molar-refractivity contribution in [2.24, 2.45) is 0 Å². The number of hydrogen-bond donors (Lipinski definition) is 2. The highest BCUT2D eigenvalue weighted by Gasteiger charge is 2.38. The molecule has 0 radical (unpaired) electrons. The number of benzene rings is 1. The van der Waals surface area contributed by atoms with Gasteiger partial charge in [0.25, 0.3) is 0 Å². The van der Waals surface area contributed by atoms with E-state index >= 15 is 0 Å². The van der Waals surface area contributed by atoms with E-state index in [2.05, 4.69) is 0 Å². The van der Waals surface area contributed by atoms with Crippen LogP contribution in [0.5, 0.6) is 0 Å². The Hall–Kier alpha value is -1.02. The Bertz CT molecular complexity index is 550. The molecule has 2 atom stereocenters. The maximum Gasteiger partial charge on any atom is 0.243 e. The Balaban J connectivity index is 2.37. The van der Waals surface area contributed by atoms with Gasteiger partial charge in [0.15, 0.2) is 0 Å². The van der Waals surface area contributed by atoms with Gasteiger partial charge in [0.1, 0.15) is 5.82 Å². The molecule has 5 nitrogen and oxygen atoms in total. The fourth-order valence-corrected chi connectivity index (χ4v) is 3.65. The van der Waals surface area contributed by atoms with E-state index in [0.717, 1.165) is 16.4 Å². The second-order valence-corrected chi connectivity index (χ2v) is 6.27. The smallest absolute Gasteiger partial charge is 0.243 e. The van der Waals surface area contributed by atoms with Gasteiger partial charge >= 0.3 is 0 Å². The first-order valence-electron chi connectivity index (χ1n) is 5.45. The predicted molar refractivity (Wildman–Crippen MR) is 61.9 cm³/mol. The van der Waals surface area contributed by atoms with Gasteiger partial charge in [0.05, 0.1) is 17.1 Å². The summed E-state index contributed by atoms with van der Waals surface area (Å²) >= 11 is 0. The molecule has 1 aliphatic rings. The summed E-state index contributed by atoms with van der Waals surface area (Å²) in [6.45, 7) is 1.19. The van der Waals surface area contributed by atoms with Crippen molar-refractivity contribution < 1.29 is 23.0 Å². The molecule has 0 aromatic heterocycles. The Morgan fingerprint density at radius 2 is 1.83 bits per heavy atom. The number of halogens is 1. The summed E-state index contributed by atoms with van der Waals surface area (Å²) in [5.74, 6) is -0.507. The van der Waals surface area contributed by atoms with Crippen LogP contribution >= 0.6 is 0 Å². The first kappa shape index (κ1) is 13.4. The molecule has 1 fully saturated rings. The van der Waals surface area contributed by atoms with Gasteiger partial charge in [0, 0.05) is 13.1 Å². The van der Waals surface area contributed by atoms with E-state index in [-0.39, 0.29) is 18.0 Å². The lowest BCUT2D eigenvalue weighted by atomic mass is 10.2. The van der Waals surface area contributed by atoms with Crippen molar-refractivity contribution in [1.29, 1.82) is 0 Å². The summed E-state index contributed by atoms with van der Waals surface area (Å²) in [7, 11) is -3.81. The second kappa shape index (κ2) is 4.58. The number of sulfonamides is 1. The van der Waals surface area contributed by atoms with Gasteiger partial charge in [-0.05, 0) is 30.7 Å². The standard InChI is InChI=1S/C11H14FNO4S/c1-7-4-8(12)2-3-11(7)18(16,17)13-5-9(14)10(15)6-13/h2-4,9-10,14-15H,5-6H2,1H3. The van der Waals surface area contributed by atoms with E-state index in [1.807, 2.05) is 0 Å². The van der Waals surface area contributed by atoms with E-state index in [1.165, 1.54) is 13.0 Å². The summed E-state index contributed by atoms with van der Waals surface area (Å²) in [5, 5.41) is 18.8. The zero-order valence-corrected chi connectivity index (χ0v) is 10.6. The molecule has 100 valence electrons. The summed E-state index contributed by atoms with van der Waals surface area (Å²) in [6, 6.07) is 3.40. The zero-order valence-electron chi connectivity index (χ0n) is 9.75. The van der Waals surface area contributed by atoms with Gasteiger partial charge in [-0.15, -0.1) is 0 Å². The minimum absolute atomic E-state index is 0.00907. The molecule has 1 aliphatic heterocycles. The molecule has 0 saturated carbocycles. The maximum absolute atomic E-state index is 12.9. The molecule has 0 spiro atoms. The van der Waals surface area contributed by atoms with Crippen molar-refractivity contribution in [2.75, 3.05) is 13.1 Å². The highest BCUT2D eigenvalue weighted by Crippen LogP contribution is 2.24. The van der Waals surface area contributed by atoms with Gasteiger partial charge in [-0.25, -0.2) is 12.8 Å². The van der Waals surface area contributed by atoms with Crippen LogP contribution in [0.3, 0.4) is 0 Å². The lowest BCUT2D eigenvalue weighted by molar-refractivity contribution is 0.0572. The predicted octanol–water partition coefficient (Wildman–Crippen LogP) is -0.140. The fraction of sp³-hybridized carbons (Fsp3) is 0.455. The number of aryl methyl sites for hydroxylation is 1. The number of nitrogens with zero attached hydrogens (tertiary/aromatic N) is 1. The highest BCUT2D eigenvalue weighted by atomic mass is 32.2. The third kappa shape index (κ3) is 2.26. The topological polar surface area (TPSA) is 77.8 Å². The number of aliphatic hydroxyl groups is 2. The van der Waals surface area contributed by atoms with Gasteiger partial charge < -0.3 is 10.2 Å². The monoisotopic (exact) mass is 275 g/mol. The van der Waals surface area contributed by atoms with Gasteiger partial charge in [-0.3, -0.25) is 0 Å². The largest absolute Gasteiger partial charge is 0.389 e. The van der Waals surface area contributed by atoms with Crippen LogP contribution in [0.15, 0.2) is 23.1 Å². The van der Waals surface area contributed by atoms with Crippen LogP contribution in [-0.2, 0) is 10.0 Å². The third-order valence-corrected chi connectivity index (χ3v) is 4.97. The van der Waals surface area contributed by atoms with E-state index in [0.29, 0.717) is 5.56 Å². The average molecular weight is 275 g/mol. The Morgan fingerprint density at radius 1 is 1.28 bits per heavy atom. The van der Waals surface area contributed by atoms with E-state index in [4.69, 9.17) is 0 Å². The molecule has 18 heavy (non-hydrogen) atoms. The van der Waals surface area contributed by atoms with Crippen LogP contribution in [0.25, 0.3) is 0 Å². The second-order valence-electron chi connectivity index (χ2n) is 4.37. The highest BCUT2D eigenvalue weighted by molar-refractivity contribution is 7.89. The first-order valence-corrected chi connectivity index (χ1v) is 6.89. The van der Waals surface area contributed by atoms with Crippen LogP contribution in [0.4, 0.5) is 4.39 Å². The lowest BCUT2D eigenvalue weighted by Gasteiger charge is -2.17. The van der Waals surface area contributed by atoms with Crippen molar-refractivity contribution >= 4 is 10.0 Å². The fourth-order valence-electron chi connectivity index (χ4n) is 1.97. The molecular formula is C11H14FNO4S. The number of β-amino-alcohol motifs (C(OH)–C–C–N with tert-alkyl or cyclic N) is 2. The van der Waals surface area contributed by atoms with Crippen molar-refractivity contribution in [3.63, 3.8) is 0 Å². The molecule has 1 saturated heterocycles. The molecule has 1 aromatic rings. The summed E-state index contributed by atoms with van der Waals surface area (Å²) < 4.78 is 38.4. The average Bonchev–Trinajstić information content (AvgIpc) is 2.59. The summed E-state index contributed by atoms with van der Waals surface area (Å²) in [4.78, 5) is -0.00907. The van der Waals surface area contributed by atoms with Crippen LogP contribution < -0.4 is 0 Å². The van der Waals surface area contributed by atoms with Gasteiger partial charge in [-0.2, -0.15) is 4.31 Å². The van der Waals surface area contributed by atoms with Gasteiger partial charge in [-0.1, -0.05) is 0 Å². The molecule has 0 amide bonds. The minimum Gasteiger partial charge on any atom is -0.389 e. The number of rotatable bonds is 2. The maximum atomic E-state index is 12.9. The molecule has 1 aromatic carbocycles. The van der Waals surface area contributed by atoms with Crippen molar-refractivity contribution in [2.45, 2.75) is 24.0 Å². The van der Waals surface area contributed by atoms with E-state index in [9.17, 15) is 23.0 Å². The molecule has 2 N–H and O–H groups in total. The van der Waals surface area contributed by atoms with Crippen LogP contribution in [0, 0.1) is 12.7 Å². The quantitative estimate of drug-likeness (QED) is 0.787. The van der Waals surface area contributed by atoms with Crippen LogP contribution in [0.1, 0.15) is 5.56 Å². The number of hydrogen-bond acceptors (Lipinski definition) is 4. The minimum atomic E-state index is -3.81. The molecule has 2 unspecified atom stereocenters. The SMILES string of the molecule is Cc1cc(F)ccc1S(=O)(=O)N1CC(O)C(O)C1. The molecule has 2 rings (SSSR count). The normalized spacial score (nSPS) is 25.6. The molecule has 7 heteroatoms. The summed E-state index contributed by atoms with van der Waals surface area (Å²) in [6.07, 6.45) is -2.17. The Labute approximate surface area is 105 Å².